The topological polar surface area (TPSA) is 77.8 Å². The lowest BCUT2D eigenvalue weighted by molar-refractivity contribution is -0.121. The molecular weight excluding hydrogens is 350 g/mol. The SMILES string of the molecule is Cc1ccc2cc(CCC(=O)NCc3ccc4[nH]c(C)cc4c3)c(=O)[nH]c2c1. The first-order chi connectivity index (χ1) is 13.5. The number of fused-ring (bicyclic) bond motifs is 2. The summed E-state index contributed by atoms with van der Waals surface area (Å²) in [7, 11) is 0. The van der Waals surface area contributed by atoms with Gasteiger partial charge in [-0.2, -0.15) is 0 Å². The van der Waals surface area contributed by atoms with Crippen LogP contribution in [-0.4, -0.2) is 15.9 Å². The van der Waals surface area contributed by atoms with Crippen LogP contribution in [0.5, 0.6) is 0 Å². The Labute approximate surface area is 162 Å². The quantitative estimate of drug-likeness (QED) is 0.496. The molecule has 4 aromatic rings. The first-order valence-corrected chi connectivity index (χ1v) is 9.45. The Kier molecular flexibility index (Phi) is 4.74. The van der Waals surface area contributed by atoms with E-state index >= 15 is 0 Å². The summed E-state index contributed by atoms with van der Waals surface area (Å²) in [6.07, 6.45) is 0.701. The standard InChI is InChI=1S/C23H23N3O2/c1-14-3-5-17-12-18(23(28)26-21(17)9-14)6-8-22(27)24-13-16-4-7-20-19(11-16)10-15(2)25-20/h3-5,7,9-12,25H,6,8,13H2,1-2H3,(H,24,27)(H,26,28). The Morgan fingerprint density at radius 2 is 1.79 bits per heavy atom. The smallest absolute Gasteiger partial charge is 0.251 e. The van der Waals surface area contributed by atoms with Gasteiger partial charge in [-0.15, -0.1) is 0 Å². The van der Waals surface area contributed by atoms with Crippen molar-refractivity contribution in [3.05, 3.63) is 81.3 Å². The minimum absolute atomic E-state index is 0.0613. The van der Waals surface area contributed by atoms with Crippen LogP contribution >= 0.6 is 0 Å². The molecule has 4 rings (SSSR count). The van der Waals surface area contributed by atoms with Gasteiger partial charge in [0.25, 0.3) is 5.56 Å². The average molecular weight is 373 g/mol. The Morgan fingerprint density at radius 3 is 2.64 bits per heavy atom. The molecule has 0 fully saturated rings. The highest BCUT2D eigenvalue weighted by Gasteiger charge is 2.08. The fourth-order valence-electron chi connectivity index (χ4n) is 3.52. The van der Waals surface area contributed by atoms with E-state index in [-0.39, 0.29) is 17.9 Å². The molecular formula is C23H23N3O2. The third-order valence-electron chi connectivity index (χ3n) is 5.01. The molecule has 5 nitrogen and oxygen atoms in total. The third kappa shape index (κ3) is 3.83. The molecule has 2 aromatic heterocycles. The maximum atomic E-state index is 12.3. The summed E-state index contributed by atoms with van der Waals surface area (Å²) in [5.41, 5.74) is 5.70. The number of aryl methyl sites for hydroxylation is 3. The molecule has 0 radical (unpaired) electrons. The van der Waals surface area contributed by atoms with Crippen LogP contribution in [0.2, 0.25) is 0 Å². The number of aromatic amines is 2. The van der Waals surface area contributed by atoms with Crippen molar-refractivity contribution in [1.29, 1.82) is 0 Å². The molecule has 1 amide bonds. The number of pyridine rings is 1. The number of benzene rings is 2. The number of hydrogen-bond donors (Lipinski definition) is 3. The lowest BCUT2D eigenvalue weighted by atomic mass is 10.1. The van der Waals surface area contributed by atoms with Crippen LogP contribution in [0.25, 0.3) is 21.8 Å². The van der Waals surface area contributed by atoms with Gasteiger partial charge in [-0.3, -0.25) is 9.59 Å². The number of hydrogen-bond acceptors (Lipinski definition) is 2. The first kappa shape index (κ1) is 18.0. The highest BCUT2D eigenvalue weighted by Crippen LogP contribution is 2.17. The summed E-state index contributed by atoms with van der Waals surface area (Å²) in [5, 5.41) is 5.07. The first-order valence-electron chi connectivity index (χ1n) is 9.45. The molecule has 2 heterocycles. The van der Waals surface area contributed by atoms with Crippen molar-refractivity contribution < 1.29 is 4.79 Å². The molecule has 0 saturated carbocycles. The normalized spacial score (nSPS) is 11.2. The van der Waals surface area contributed by atoms with Gasteiger partial charge < -0.3 is 15.3 Å². The van der Waals surface area contributed by atoms with E-state index in [1.54, 1.807) is 0 Å². The van der Waals surface area contributed by atoms with Gasteiger partial charge >= 0.3 is 0 Å². The summed E-state index contributed by atoms with van der Waals surface area (Å²) in [4.78, 5) is 30.7. The molecule has 0 aliphatic heterocycles. The van der Waals surface area contributed by atoms with Crippen molar-refractivity contribution in [1.82, 2.24) is 15.3 Å². The number of rotatable bonds is 5. The Bertz CT molecular complexity index is 1230. The second-order valence-corrected chi connectivity index (χ2v) is 7.37. The van der Waals surface area contributed by atoms with E-state index in [0.717, 1.165) is 38.6 Å². The number of aromatic nitrogens is 2. The Balaban J connectivity index is 1.38. The third-order valence-corrected chi connectivity index (χ3v) is 5.01. The summed E-state index contributed by atoms with van der Waals surface area (Å²) >= 11 is 0. The van der Waals surface area contributed by atoms with Crippen LogP contribution in [0.1, 0.15) is 28.8 Å². The van der Waals surface area contributed by atoms with Crippen molar-refractivity contribution in [2.24, 2.45) is 0 Å². The van der Waals surface area contributed by atoms with Crippen LogP contribution in [0.3, 0.4) is 0 Å². The summed E-state index contributed by atoms with van der Waals surface area (Å²) in [6.45, 7) is 4.49. The van der Waals surface area contributed by atoms with E-state index in [2.05, 4.69) is 27.4 Å². The molecule has 0 atom stereocenters. The van der Waals surface area contributed by atoms with Gasteiger partial charge in [-0.05, 0) is 72.5 Å². The minimum atomic E-state index is -0.126. The molecule has 142 valence electrons. The Morgan fingerprint density at radius 1 is 0.929 bits per heavy atom. The largest absolute Gasteiger partial charge is 0.359 e. The van der Waals surface area contributed by atoms with E-state index in [0.29, 0.717) is 18.5 Å². The van der Waals surface area contributed by atoms with E-state index in [4.69, 9.17) is 0 Å². The lowest BCUT2D eigenvalue weighted by Crippen LogP contribution is -2.24. The molecule has 0 spiro atoms. The molecule has 0 bridgehead atoms. The van der Waals surface area contributed by atoms with E-state index in [1.165, 1.54) is 0 Å². The van der Waals surface area contributed by atoms with Crippen molar-refractivity contribution in [2.45, 2.75) is 33.2 Å². The van der Waals surface area contributed by atoms with Gasteiger partial charge in [-0.25, -0.2) is 0 Å². The van der Waals surface area contributed by atoms with E-state index in [1.807, 2.05) is 50.2 Å². The molecule has 0 aliphatic carbocycles. The number of H-pyrrole nitrogens is 2. The maximum absolute atomic E-state index is 12.3. The van der Waals surface area contributed by atoms with Crippen LogP contribution in [-0.2, 0) is 17.8 Å². The summed E-state index contributed by atoms with van der Waals surface area (Å²) < 4.78 is 0. The fraction of sp³-hybridized carbons (Fsp3) is 0.217. The van der Waals surface area contributed by atoms with Gasteiger partial charge in [-0.1, -0.05) is 18.2 Å². The predicted molar refractivity (Wildman–Crippen MR) is 113 cm³/mol. The van der Waals surface area contributed by atoms with Crippen molar-refractivity contribution in [2.75, 3.05) is 0 Å². The molecule has 0 unspecified atom stereocenters. The van der Waals surface area contributed by atoms with Gasteiger partial charge in [0, 0.05) is 35.3 Å². The highest BCUT2D eigenvalue weighted by atomic mass is 16.1. The van der Waals surface area contributed by atoms with Gasteiger partial charge in [0.2, 0.25) is 5.91 Å². The second-order valence-electron chi connectivity index (χ2n) is 7.37. The summed E-state index contributed by atoms with van der Waals surface area (Å²) in [6, 6.07) is 16.0. The fourth-order valence-corrected chi connectivity index (χ4v) is 3.52. The summed E-state index contributed by atoms with van der Waals surface area (Å²) in [5.74, 6) is -0.0613. The van der Waals surface area contributed by atoms with E-state index in [9.17, 15) is 9.59 Å². The lowest BCUT2D eigenvalue weighted by Gasteiger charge is -2.07. The van der Waals surface area contributed by atoms with Crippen molar-refractivity contribution >= 4 is 27.7 Å². The van der Waals surface area contributed by atoms with Gasteiger partial charge in [0.1, 0.15) is 0 Å². The molecule has 0 saturated heterocycles. The second kappa shape index (κ2) is 7.35. The van der Waals surface area contributed by atoms with Crippen LogP contribution in [0.4, 0.5) is 0 Å². The zero-order valence-corrected chi connectivity index (χ0v) is 16.1. The maximum Gasteiger partial charge on any atom is 0.251 e. The van der Waals surface area contributed by atoms with Crippen LogP contribution in [0, 0.1) is 13.8 Å². The zero-order chi connectivity index (χ0) is 19.7. The highest BCUT2D eigenvalue weighted by molar-refractivity contribution is 5.82. The average Bonchev–Trinajstić information content (AvgIpc) is 3.04. The molecule has 0 aliphatic rings. The van der Waals surface area contributed by atoms with Crippen LogP contribution < -0.4 is 10.9 Å². The monoisotopic (exact) mass is 373 g/mol. The predicted octanol–water partition coefficient (Wildman–Crippen LogP) is 3.88. The number of nitrogens with one attached hydrogen (secondary N) is 3. The zero-order valence-electron chi connectivity index (χ0n) is 16.1. The van der Waals surface area contributed by atoms with Crippen molar-refractivity contribution in [3.63, 3.8) is 0 Å². The molecule has 28 heavy (non-hydrogen) atoms. The molecule has 3 N–H and O–H groups in total. The Hall–Kier alpha value is -3.34. The number of carbonyl (C=O) groups is 1. The number of amides is 1. The van der Waals surface area contributed by atoms with Crippen LogP contribution in [0.15, 0.2) is 53.3 Å². The number of carbonyl (C=O) groups excluding carboxylic acids is 1. The van der Waals surface area contributed by atoms with E-state index < -0.39 is 0 Å². The van der Waals surface area contributed by atoms with Gasteiger partial charge in [0.05, 0.1) is 0 Å². The van der Waals surface area contributed by atoms with Crippen molar-refractivity contribution in [3.8, 4) is 0 Å². The molecule has 5 heteroatoms. The molecule has 2 aromatic carbocycles. The minimum Gasteiger partial charge on any atom is -0.359 e. The van der Waals surface area contributed by atoms with Gasteiger partial charge in [0.15, 0.2) is 0 Å².